The molecule has 1 heteroatoms. The van der Waals surface area contributed by atoms with Crippen molar-refractivity contribution in [2.45, 2.75) is 40.0 Å². The summed E-state index contributed by atoms with van der Waals surface area (Å²) in [6.45, 7) is 6.80. The van der Waals surface area contributed by atoms with Crippen molar-refractivity contribution in [2.75, 3.05) is 5.88 Å². The second kappa shape index (κ2) is 4.16. The fourth-order valence-electron chi connectivity index (χ4n) is 0.750. The Hall–Kier alpha value is 0.290. The van der Waals surface area contributed by atoms with Crippen LogP contribution in [-0.4, -0.2) is 5.88 Å². The van der Waals surface area contributed by atoms with Gasteiger partial charge in [0, 0.05) is 5.88 Å². The molecule has 0 aromatic heterocycles. The van der Waals surface area contributed by atoms with Crippen LogP contribution in [0.2, 0.25) is 0 Å². The molecule has 0 aliphatic heterocycles. The second-order valence-corrected chi connectivity index (χ2v) is 4.08. The van der Waals surface area contributed by atoms with Gasteiger partial charge in [0.15, 0.2) is 0 Å². The smallest absolute Gasteiger partial charge is 0.0223 e. The lowest BCUT2D eigenvalue weighted by molar-refractivity contribution is 0.364. The minimum atomic E-state index is 0.492. The third-order valence-corrected chi connectivity index (χ3v) is 1.58. The third-order valence-electron chi connectivity index (χ3n) is 1.31. The molecule has 0 nitrogen and oxygen atoms in total. The van der Waals surface area contributed by atoms with Gasteiger partial charge in [-0.2, -0.15) is 0 Å². The molecular formula is C8H17Cl. The molecule has 0 heterocycles. The molecule has 9 heavy (non-hydrogen) atoms. The van der Waals surface area contributed by atoms with Crippen LogP contribution in [0.15, 0.2) is 0 Å². The molecule has 0 saturated heterocycles. The van der Waals surface area contributed by atoms with Crippen LogP contribution in [0.4, 0.5) is 0 Å². The number of unbranched alkanes of at least 4 members (excludes halogenated alkanes) is 1. The molecule has 0 saturated carbocycles. The van der Waals surface area contributed by atoms with Crippen LogP contribution >= 0.6 is 11.6 Å². The van der Waals surface area contributed by atoms with Gasteiger partial charge in [0.05, 0.1) is 0 Å². The van der Waals surface area contributed by atoms with Gasteiger partial charge in [-0.05, 0) is 18.3 Å². The Morgan fingerprint density at radius 2 is 1.67 bits per heavy atom. The summed E-state index contributed by atoms with van der Waals surface area (Å²) in [7, 11) is 0. The molecular weight excluding hydrogens is 132 g/mol. The molecule has 0 bridgehead atoms. The highest BCUT2D eigenvalue weighted by Gasteiger charge is 2.07. The first-order chi connectivity index (χ1) is 4.06. The van der Waals surface area contributed by atoms with Gasteiger partial charge in [-0.3, -0.25) is 0 Å². The minimum Gasteiger partial charge on any atom is -0.127 e. The zero-order chi connectivity index (χ0) is 7.33. The van der Waals surface area contributed by atoms with Crippen molar-refractivity contribution in [3.63, 3.8) is 0 Å². The average molecular weight is 149 g/mol. The lowest BCUT2D eigenvalue weighted by atomic mass is 9.90. The molecule has 56 valence electrons. The van der Waals surface area contributed by atoms with Crippen molar-refractivity contribution in [1.82, 2.24) is 0 Å². The van der Waals surface area contributed by atoms with Crippen molar-refractivity contribution in [1.29, 1.82) is 0 Å². The van der Waals surface area contributed by atoms with Crippen LogP contribution in [0.1, 0.15) is 40.0 Å². The molecule has 0 rings (SSSR count). The number of hydrogen-bond donors (Lipinski definition) is 0. The molecule has 0 fully saturated rings. The van der Waals surface area contributed by atoms with Crippen molar-refractivity contribution < 1.29 is 0 Å². The van der Waals surface area contributed by atoms with E-state index in [1.54, 1.807) is 0 Å². The first-order valence-electron chi connectivity index (χ1n) is 3.62. The van der Waals surface area contributed by atoms with Gasteiger partial charge in [0.1, 0.15) is 0 Å². The summed E-state index contributed by atoms with van der Waals surface area (Å²) in [5.41, 5.74) is 0.492. The Kier molecular flexibility index (Phi) is 4.29. The molecule has 0 aliphatic carbocycles. The van der Waals surface area contributed by atoms with Crippen LogP contribution in [0.3, 0.4) is 0 Å². The van der Waals surface area contributed by atoms with E-state index in [0.717, 1.165) is 5.88 Å². The quantitative estimate of drug-likeness (QED) is 0.425. The van der Waals surface area contributed by atoms with Crippen molar-refractivity contribution in [2.24, 2.45) is 5.41 Å². The van der Waals surface area contributed by atoms with Gasteiger partial charge in [-0.25, -0.2) is 0 Å². The SMILES string of the molecule is CC(C)(C)CCCCCl. The van der Waals surface area contributed by atoms with E-state index in [0.29, 0.717) is 5.41 Å². The molecule has 0 aromatic carbocycles. The maximum absolute atomic E-state index is 5.53. The highest BCUT2D eigenvalue weighted by atomic mass is 35.5. The summed E-state index contributed by atoms with van der Waals surface area (Å²) >= 11 is 5.53. The standard InChI is InChI=1S/C8H17Cl/c1-8(2,3)6-4-5-7-9/h4-7H2,1-3H3. The van der Waals surface area contributed by atoms with E-state index in [4.69, 9.17) is 11.6 Å². The molecule has 0 aliphatic rings. The van der Waals surface area contributed by atoms with Crippen LogP contribution in [0.25, 0.3) is 0 Å². The summed E-state index contributed by atoms with van der Waals surface area (Å²) in [5, 5.41) is 0. The summed E-state index contributed by atoms with van der Waals surface area (Å²) in [6.07, 6.45) is 3.73. The maximum Gasteiger partial charge on any atom is 0.0223 e. The van der Waals surface area contributed by atoms with E-state index in [2.05, 4.69) is 20.8 Å². The topological polar surface area (TPSA) is 0 Å². The normalized spacial score (nSPS) is 12.0. The zero-order valence-electron chi connectivity index (χ0n) is 6.71. The largest absolute Gasteiger partial charge is 0.127 e. The van der Waals surface area contributed by atoms with Gasteiger partial charge >= 0.3 is 0 Å². The third kappa shape index (κ3) is 8.29. The highest BCUT2D eigenvalue weighted by molar-refractivity contribution is 6.17. The maximum atomic E-state index is 5.53. The van der Waals surface area contributed by atoms with E-state index in [-0.39, 0.29) is 0 Å². The Bertz CT molecular complexity index is 61.5. The van der Waals surface area contributed by atoms with E-state index in [1.165, 1.54) is 19.3 Å². The van der Waals surface area contributed by atoms with Gasteiger partial charge in [0.25, 0.3) is 0 Å². The number of rotatable bonds is 3. The second-order valence-electron chi connectivity index (χ2n) is 3.71. The van der Waals surface area contributed by atoms with Crippen molar-refractivity contribution >= 4 is 11.6 Å². The summed E-state index contributed by atoms with van der Waals surface area (Å²) in [4.78, 5) is 0. The number of halogens is 1. The van der Waals surface area contributed by atoms with Gasteiger partial charge in [-0.1, -0.05) is 27.2 Å². The number of alkyl halides is 1. The predicted octanol–water partition coefficient (Wildman–Crippen LogP) is 3.44. The minimum absolute atomic E-state index is 0.492. The zero-order valence-corrected chi connectivity index (χ0v) is 7.46. The summed E-state index contributed by atoms with van der Waals surface area (Å²) in [5.74, 6) is 0.816. The highest BCUT2D eigenvalue weighted by Crippen LogP contribution is 2.21. The lowest BCUT2D eigenvalue weighted by Gasteiger charge is -2.16. The molecule has 0 amide bonds. The van der Waals surface area contributed by atoms with E-state index < -0.39 is 0 Å². The fourth-order valence-corrected chi connectivity index (χ4v) is 0.939. The molecule has 0 spiro atoms. The van der Waals surface area contributed by atoms with Crippen molar-refractivity contribution in [3.8, 4) is 0 Å². The lowest BCUT2D eigenvalue weighted by Crippen LogP contribution is -2.03. The summed E-state index contributed by atoms with van der Waals surface area (Å²) < 4.78 is 0. The first-order valence-corrected chi connectivity index (χ1v) is 4.16. The van der Waals surface area contributed by atoms with Crippen LogP contribution < -0.4 is 0 Å². The molecule has 0 atom stereocenters. The Morgan fingerprint density at radius 3 is 2.00 bits per heavy atom. The Labute approximate surface area is 63.6 Å². The molecule has 0 unspecified atom stereocenters. The van der Waals surface area contributed by atoms with Crippen molar-refractivity contribution in [3.05, 3.63) is 0 Å². The van der Waals surface area contributed by atoms with E-state index in [9.17, 15) is 0 Å². The van der Waals surface area contributed by atoms with Gasteiger partial charge in [0.2, 0.25) is 0 Å². The first kappa shape index (κ1) is 9.29. The van der Waals surface area contributed by atoms with E-state index >= 15 is 0 Å². The Balaban J connectivity index is 3.07. The van der Waals surface area contributed by atoms with Crippen LogP contribution in [0.5, 0.6) is 0 Å². The monoisotopic (exact) mass is 148 g/mol. The molecule has 0 radical (unpaired) electrons. The Morgan fingerprint density at radius 1 is 1.11 bits per heavy atom. The van der Waals surface area contributed by atoms with Gasteiger partial charge < -0.3 is 0 Å². The van der Waals surface area contributed by atoms with E-state index in [1.807, 2.05) is 0 Å². The molecule has 0 N–H and O–H groups in total. The fraction of sp³-hybridized carbons (Fsp3) is 1.00. The summed E-state index contributed by atoms with van der Waals surface area (Å²) in [6, 6.07) is 0. The predicted molar refractivity (Wildman–Crippen MR) is 44.0 cm³/mol. The van der Waals surface area contributed by atoms with Gasteiger partial charge in [-0.15, -0.1) is 11.6 Å². The van der Waals surface area contributed by atoms with Crippen LogP contribution in [-0.2, 0) is 0 Å². The van der Waals surface area contributed by atoms with Crippen LogP contribution in [0, 0.1) is 5.41 Å². The average Bonchev–Trinajstić information content (AvgIpc) is 1.63. The molecule has 0 aromatic rings. The number of hydrogen-bond acceptors (Lipinski definition) is 0.